The molecular formula is C20H19ClN2O3. The van der Waals surface area contributed by atoms with Crippen LogP contribution in [0.4, 0.5) is 5.69 Å². The summed E-state index contributed by atoms with van der Waals surface area (Å²) >= 11 is 5.86. The van der Waals surface area contributed by atoms with Crippen LogP contribution in [0.2, 0.25) is 5.02 Å². The Kier molecular flexibility index (Phi) is 6.17. The largest absolute Gasteiger partial charge is 0.489 e. The molecule has 0 unspecified atom stereocenters. The number of halogens is 1. The van der Waals surface area contributed by atoms with Gasteiger partial charge in [-0.15, -0.1) is 0 Å². The Hall–Kier alpha value is -2.92. The van der Waals surface area contributed by atoms with Crippen molar-refractivity contribution < 1.29 is 13.9 Å². The summed E-state index contributed by atoms with van der Waals surface area (Å²) in [6.45, 7) is 1.04. The number of rotatable bonds is 8. The van der Waals surface area contributed by atoms with Gasteiger partial charge in [-0.25, -0.2) is 0 Å². The lowest BCUT2D eigenvalue weighted by molar-refractivity contribution is -0.119. The first-order valence-corrected chi connectivity index (χ1v) is 8.57. The van der Waals surface area contributed by atoms with E-state index in [0.29, 0.717) is 18.2 Å². The van der Waals surface area contributed by atoms with E-state index < -0.39 is 0 Å². The molecule has 0 aliphatic rings. The van der Waals surface area contributed by atoms with Gasteiger partial charge < -0.3 is 19.8 Å². The second kappa shape index (κ2) is 8.97. The van der Waals surface area contributed by atoms with Gasteiger partial charge in [0, 0.05) is 10.7 Å². The number of furan rings is 1. The zero-order valence-electron chi connectivity index (χ0n) is 14.1. The van der Waals surface area contributed by atoms with Gasteiger partial charge in [-0.2, -0.15) is 0 Å². The number of carbonyl (C=O) groups is 1. The van der Waals surface area contributed by atoms with Gasteiger partial charge in [0.2, 0.25) is 5.91 Å². The molecule has 3 aromatic rings. The molecule has 0 aliphatic heterocycles. The summed E-state index contributed by atoms with van der Waals surface area (Å²) in [6, 6.07) is 18.6. The van der Waals surface area contributed by atoms with Crippen molar-refractivity contribution in [3.8, 4) is 5.75 Å². The van der Waals surface area contributed by atoms with Crippen LogP contribution in [0.5, 0.6) is 5.75 Å². The third kappa shape index (κ3) is 5.57. The number of benzene rings is 2. The number of hydrogen-bond donors (Lipinski definition) is 2. The minimum Gasteiger partial charge on any atom is -0.489 e. The second-order valence-electron chi connectivity index (χ2n) is 5.65. The highest BCUT2D eigenvalue weighted by atomic mass is 35.5. The van der Waals surface area contributed by atoms with Crippen molar-refractivity contribution in [2.45, 2.75) is 13.2 Å². The molecule has 0 atom stereocenters. The van der Waals surface area contributed by atoms with Gasteiger partial charge in [-0.05, 0) is 54.1 Å². The lowest BCUT2D eigenvalue weighted by atomic mass is 10.2. The highest BCUT2D eigenvalue weighted by Gasteiger charge is 2.03. The predicted octanol–water partition coefficient (Wildman–Crippen LogP) is 4.24. The standard InChI is InChI=1S/C20H19ClN2O3/c21-16-5-3-15(4-6-16)14-26-18-9-7-17(8-10-18)22-13-20(24)23-12-19-2-1-11-25-19/h1-11,22H,12-14H2,(H,23,24). The molecule has 0 spiro atoms. The Morgan fingerprint density at radius 2 is 1.81 bits per heavy atom. The van der Waals surface area contributed by atoms with Crippen LogP contribution in [0.25, 0.3) is 0 Å². The predicted molar refractivity (Wildman–Crippen MR) is 101 cm³/mol. The summed E-state index contributed by atoms with van der Waals surface area (Å²) in [5, 5.41) is 6.55. The van der Waals surface area contributed by atoms with E-state index in [9.17, 15) is 4.79 Å². The number of ether oxygens (including phenoxy) is 1. The molecule has 3 rings (SSSR count). The maximum Gasteiger partial charge on any atom is 0.239 e. The Labute approximate surface area is 156 Å². The van der Waals surface area contributed by atoms with Crippen LogP contribution in [-0.4, -0.2) is 12.5 Å². The van der Waals surface area contributed by atoms with E-state index in [-0.39, 0.29) is 12.5 Å². The summed E-state index contributed by atoms with van der Waals surface area (Å²) in [6.07, 6.45) is 1.58. The molecule has 26 heavy (non-hydrogen) atoms. The smallest absolute Gasteiger partial charge is 0.239 e. The first-order chi connectivity index (χ1) is 12.7. The lowest BCUT2D eigenvalue weighted by Crippen LogP contribution is -2.29. The van der Waals surface area contributed by atoms with Gasteiger partial charge in [0.05, 0.1) is 19.4 Å². The van der Waals surface area contributed by atoms with Gasteiger partial charge in [0.15, 0.2) is 0 Å². The van der Waals surface area contributed by atoms with E-state index in [1.54, 1.807) is 12.3 Å². The van der Waals surface area contributed by atoms with Gasteiger partial charge in [-0.1, -0.05) is 23.7 Å². The molecule has 0 radical (unpaired) electrons. The highest BCUT2D eigenvalue weighted by molar-refractivity contribution is 6.30. The zero-order valence-corrected chi connectivity index (χ0v) is 14.8. The molecule has 0 saturated carbocycles. The lowest BCUT2D eigenvalue weighted by Gasteiger charge is -2.09. The number of hydrogen-bond acceptors (Lipinski definition) is 4. The van der Waals surface area contributed by atoms with Crippen LogP contribution in [0.15, 0.2) is 71.3 Å². The Morgan fingerprint density at radius 3 is 2.50 bits per heavy atom. The topological polar surface area (TPSA) is 63.5 Å². The SMILES string of the molecule is O=C(CNc1ccc(OCc2ccc(Cl)cc2)cc1)NCc1ccco1. The average Bonchev–Trinajstić information content (AvgIpc) is 3.19. The monoisotopic (exact) mass is 370 g/mol. The third-order valence-electron chi connectivity index (χ3n) is 3.67. The Bertz CT molecular complexity index is 815. The molecule has 1 aromatic heterocycles. The molecule has 0 fully saturated rings. The van der Waals surface area contributed by atoms with Gasteiger partial charge in [-0.3, -0.25) is 4.79 Å². The highest BCUT2D eigenvalue weighted by Crippen LogP contribution is 2.17. The van der Waals surface area contributed by atoms with E-state index in [2.05, 4.69) is 10.6 Å². The molecule has 0 saturated heterocycles. The van der Waals surface area contributed by atoms with Crippen LogP contribution in [0, 0.1) is 0 Å². The molecule has 0 bridgehead atoms. The van der Waals surface area contributed by atoms with Crippen molar-refractivity contribution in [3.05, 3.63) is 83.3 Å². The number of nitrogens with one attached hydrogen (secondary N) is 2. The van der Waals surface area contributed by atoms with Gasteiger partial charge in [0.25, 0.3) is 0 Å². The van der Waals surface area contributed by atoms with E-state index in [1.807, 2.05) is 54.6 Å². The molecule has 1 heterocycles. The molecule has 6 heteroatoms. The van der Waals surface area contributed by atoms with Gasteiger partial charge >= 0.3 is 0 Å². The van der Waals surface area contributed by atoms with Crippen molar-refractivity contribution in [1.29, 1.82) is 0 Å². The number of amides is 1. The van der Waals surface area contributed by atoms with Gasteiger partial charge in [0.1, 0.15) is 18.1 Å². The zero-order chi connectivity index (χ0) is 18.2. The van der Waals surface area contributed by atoms with Crippen LogP contribution in [0.1, 0.15) is 11.3 Å². The van der Waals surface area contributed by atoms with Crippen molar-refractivity contribution in [3.63, 3.8) is 0 Å². The molecule has 0 aliphatic carbocycles. The maximum absolute atomic E-state index is 11.8. The first kappa shape index (κ1) is 17.9. The van der Waals surface area contributed by atoms with Crippen LogP contribution in [-0.2, 0) is 17.9 Å². The Morgan fingerprint density at radius 1 is 1.04 bits per heavy atom. The Balaban J connectivity index is 1.40. The van der Waals surface area contributed by atoms with Crippen LogP contribution < -0.4 is 15.4 Å². The third-order valence-corrected chi connectivity index (χ3v) is 3.92. The van der Waals surface area contributed by atoms with Crippen molar-refractivity contribution in [1.82, 2.24) is 5.32 Å². The van der Waals surface area contributed by atoms with Crippen LogP contribution in [0.3, 0.4) is 0 Å². The van der Waals surface area contributed by atoms with E-state index in [1.165, 1.54) is 0 Å². The molecule has 2 aromatic carbocycles. The molecule has 2 N–H and O–H groups in total. The summed E-state index contributed by atoms with van der Waals surface area (Å²) in [5.41, 5.74) is 1.89. The second-order valence-corrected chi connectivity index (χ2v) is 6.09. The quantitative estimate of drug-likeness (QED) is 0.622. The summed E-state index contributed by atoms with van der Waals surface area (Å²) in [7, 11) is 0. The summed E-state index contributed by atoms with van der Waals surface area (Å²) in [4.78, 5) is 11.8. The normalized spacial score (nSPS) is 10.3. The number of carbonyl (C=O) groups excluding carboxylic acids is 1. The fraction of sp³-hybridized carbons (Fsp3) is 0.150. The molecular weight excluding hydrogens is 352 g/mol. The minimum absolute atomic E-state index is 0.107. The van der Waals surface area contributed by atoms with E-state index >= 15 is 0 Å². The summed E-state index contributed by atoms with van der Waals surface area (Å²) in [5.74, 6) is 1.37. The minimum atomic E-state index is -0.107. The molecule has 1 amide bonds. The van der Waals surface area contributed by atoms with E-state index in [0.717, 1.165) is 22.8 Å². The maximum atomic E-state index is 11.8. The van der Waals surface area contributed by atoms with Crippen LogP contribution >= 0.6 is 11.6 Å². The van der Waals surface area contributed by atoms with Crippen molar-refractivity contribution in [2.24, 2.45) is 0 Å². The van der Waals surface area contributed by atoms with Crippen molar-refractivity contribution in [2.75, 3.05) is 11.9 Å². The average molecular weight is 371 g/mol. The first-order valence-electron chi connectivity index (χ1n) is 8.19. The van der Waals surface area contributed by atoms with E-state index in [4.69, 9.17) is 20.8 Å². The molecule has 5 nitrogen and oxygen atoms in total. The fourth-order valence-electron chi connectivity index (χ4n) is 2.26. The molecule has 134 valence electrons. The fourth-order valence-corrected chi connectivity index (χ4v) is 2.39. The summed E-state index contributed by atoms with van der Waals surface area (Å²) < 4.78 is 10.9. The van der Waals surface area contributed by atoms with Crippen molar-refractivity contribution >= 4 is 23.2 Å². The number of anilines is 1.